The number of carbonyl (C=O) groups excluding carboxylic acids is 2. The molecule has 0 radical (unpaired) electrons. The molecule has 0 atom stereocenters. The smallest absolute Gasteiger partial charge is 0.265 e. The highest BCUT2D eigenvalue weighted by molar-refractivity contribution is 7.12. The highest BCUT2D eigenvalue weighted by Gasteiger charge is 2.10. The Kier molecular flexibility index (Phi) is 3.35. The van der Waals surface area contributed by atoms with Gasteiger partial charge >= 0.3 is 0 Å². The monoisotopic (exact) mass is 245 g/mol. The molecule has 0 aliphatic heterocycles. The Morgan fingerprint density at radius 2 is 1.94 bits per heavy atom. The summed E-state index contributed by atoms with van der Waals surface area (Å²) in [4.78, 5) is 23.1. The molecule has 1 heterocycles. The lowest BCUT2D eigenvalue weighted by molar-refractivity contribution is 0.102. The maximum Gasteiger partial charge on any atom is 0.265 e. The first kappa shape index (κ1) is 11.5. The van der Waals surface area contributed by atoms with E-state index < -0.39 is 0 Å². The van der Waals surface area contributed by atoms with E-state index in [-0.39, 0.29) is 5.91 Å². The number of amides is 1. The van der Waals surface area contributed by atoms with Crippen LogP contribution in [0.25, 0.3) is 0 Å². The minimum atomic E-state index is -0.114. The van der Waals surface area contributed by atoms with E-state index in [0.717, 1.165) is 11.8 Å². The van der Waals surface area contributed by atoms with Crippen molar-refractivity contribution in [2.24, 2.45) is 0 Å². The lowest BCUT2D eigenvalue weighted by Gasteiger charge is -2.04. The first-order valence-corrected chi connectivity index (χ1v) is 5.99. The molecule has 0 saturated carbocycles. The van der Waals surface area contributed by atoms with Crippen molar-refractivity contribution < 1.29 is 9.59 Å². The predicted octanol–water partition coefficient (Wildman–Crippen LogP) is 3.12. The number of aryl methyl sites for hydroxylation is 1. The summed E-state index contributed by atoms with van der Waals surface area (Å²) in [6.45, 7) is 1.90. The second-order valence-electron chi connectivity index (χ2n) is 3.63. The minimum Gasteiger partial charge on any atom is -0.321 e. The normalized spacial score (nSPS) is 9.94. The van der Waals surface area contributed by atoms with Crippen LogP contribution in [0.5, 0.6) is 0 Å². The molecule has 17 heavy (non-hydrogen) atoms. The van der Waals surface area contributed by atoms with E-state index in [1.54, 1.807) is 24.3 Å². The van der Waals surface area contributed by atoms with Crippen molar-refractivity contribution in [3.05, 3.63) is 51.7 Å². The number of nitrogens with one attached hydrogen (secondary N) is 1. The van der Waals surface area contributed by atoms with Gasteiger partial charge in [-0.1, -0.05) is 0 Å². The molecule has 0 bridgehead atoms. The van der Waals surface area contributed by atoms with Gasteiger partial charge in [0.15, 0.2) is 0 Å². The molecule has 0 saturated heterocycles. The standard InChI is InChI=1S/C13H11NO2S/c1-9-6-7-17-12(9)13(16)14-11-4-2-10(8-15)3-5-11/h2-8H,1H3,(H,14,16). The highest BCUT2D eigenvalue weighted by atomic mass is 32.1. The van der Waals surface area contributed by atoms with Gasteiger partial charge in [0.1, 0.15) is 6.29 Å². The summed E-state index contributed by atoms with van der Waals surface area (Å²) in [5.74, 6) is -0.114. The lowest BCUT2D eigenvalue weighted by Crippen LogP contribution is -2.11. The molecule has 86 valence electrons. The van der Waals surface area contributed by atoms with Gasteiger partial charge in [0.25, 0.3) is 5.91 Å². The number of benzene rings is 1. The maximum atomic E-state index is 11.9. The molecule has 0 aliphatic rings. The summed E-state index contributed by atoms with van der Waals surface area (Å²) in [5, 5.41) is 4.68. The van der Waals surface area contributed by atoms with E-state index >= 15 is 0 Å². The third-order valence-corrected chi connectivity index (χ3v) is 3.39. The van der Waals surface area contributed by atoms with E-state index in [1.807, 2.05) is 18.4 Å². The molecule has 0 aliphatic carbocycles. The number of rotatable bonds is 3. The first-order valence-electron chi connectivity index (χ1n) is 5.11. The average Bonchev–Trinajstić information content (AvgIpc) is 2.76. The van der Waals surface area contributed by atoms with Crippen molar-refractivity contribution in [2.75, 3.05) is 5.32 Å². The van der Waals surface area contributed by atoms with Gasteiger partial charge in [-0.3, -0.25) is 9.59 Å². The molecule has 0 fully saturated rings. The zero-order valence-corrected chi connectivity index (χ0v) is 10.1. The zero-order valence-electron chi connectivity index (χ0n) is 9.27. The fraction of sp³-hybridized carbons (Fsp3) is 0.0769. The summed E-state index contributed by atoms with van der Waals surface area (Å²) >= 11 is 1.42. The van der Waals surface area contributed by atoms with E-state index in [1.165, 1.54) is 11.3 Å². The largest absolute Gasteiger partial charge is 0.321 e. The molecule has 2 aromatic rings. The van der Waals surface area contributed by atoms with E-state index in [4.69, 9.17) is 0 Å². The van der Waals surface area contributed by atoms with Gasteiger partial charge in [-0.2, -0.15) is 0 Å². The fourth-order valence-corrected chi connectivity index (χ4v) is 2.26. The second kappa shape index (κ2) is 4.93. The number of anilines is 1. The Hall–Kier alpha value is -1.94. The minimum absolute atomic E-state index is 0.114. The van der Waals surface area contributed by atoms with Crippen LogP contribution < -0.4 is 5.32 Å². The highest BCUT2D eigenvalue weighted by Crippen LogP contribution is 2.17. The average molecular weight is 245 g/mol. The van der Waals surface area contributed by atoms with Gasteiger partial charge in [0.05, 0.1) is 4.88 Å². The third-order valence-electron chi connectivity index (χ3n) is 2.37. The SMILES string of the molecule is Cc1ccsc1C(=O)Nc1ccc(C=O)cc1. The van der Waals surface area contributed by atoms with Crippen LogP contribution in [0, 0.1) is 6.92 Å². The Bertz CT molecular complexity index is 543. The van der Waals surface area contributed by atoms with Gasteiger partial charge < -0.3 is 5.32 Å². The molecule has 3 nitrogen and oxygen atoms in total. The van der Waals surface area contributed by atoms with E-state index in [2.05, 4.69) is 5.32 Å². The van der Waals surface area contributed by atoms with Crippen LogP contribution in [0.15, 0.2) is 35.7 Å². The maximum absolute atomic E-state index is 11.9. The number of hydrogen-bond donors (Lipinski definition) is 1. The lowest BCUT2D eigenvalue weighted by atomic mass is 10.2. The van der Waals surface area contributed by atoms with Crippen molar-refractivity contribution in [2.45, 2.75) is 6.92 Å². The van der Waals surface area contributed by atoms with Crippen LogP contribution in [-0.2, 0) is 0 Å². The number of thiophene rings is 1. The van der Waals surface area contributed by atoms with Crippen molar-refractivity contribution in [3.63, 3.8) is 0 Å². The summed E-state index contributed by atoms with van der Waals surface area (Å²) in [5.41, 5.74) is 2.25. The van der Waals surface area contributed by atoms with Crippen LogP contribution in [-0.4, -0.2) is 12.2 Å². The summed E-state index contributed by atoms with van der Waals surface area (Å²) < 4.78 is 0. The van der Waals surface area contributed by atoms with E-state index in [9.17, 15) is 9.59 Å². The van der Waals surface area contributed by atoms with Crippen LogP contribution in [0.2, 0.25) is 0 Å². The number of carbonyl (C=O) groups is 2. The second-order valence-corrected chi connectivity index (χ2v) is 4.54. The van der Waals surface area contributed by atoms with E-state index in [0.29, 0.717) is 16.1 Å². The Balaban J connectivity index is 2.13. The molecule has 2 rings (SSSR count). The molecular formula is C13H11NO2S. The summed E-state index contributed by atoms with van der Waals surface area (Å²) in [6.07, 6.45) is 0.773. The van der Waals surface area contributed by atoms with Crippen molar-refractivity contribution >= 4 is 29.2 Å². The molecule has 1 N–H and O–H groups in total. The van der Waals surface area contributed by atoms with Crippen LogP contribution in [0.1, 0.15) is 25.6 Å². The Morgan fingerprint density at radius 1 is 1.24 bits per heavy atom. The summed E-state index contributed by atoms with van der Waals surface area (Å²) in [6, 6.07) is 8.68. The predicted molar refractivity (Wildman–Crippen MR) is 68.8 cm³/mol. The topological polar surface area (TPSA) is 46.2 Å². The van der Waals surface area contributed by atoms with Crippen molar-refractivity contribution in [1.82, 2.24) is 0 Å². The van der Waals surface area contributed by atoms with Crippen LogP contribution in [0.3, 0.4) is 0 Å². The van der Waals surface area contributed by atoms with Crippen molar-refractivity contribution in [3.8, 4) is 0 Å². The zero-order chi connectivity index (χ0) is 12.3. The van der Waals surface area contributed by atoms with Crippen LogP contribution >= 0.6 is 11.3 Å². The van der Waals surface area contributed by atoms with Gasteiger partial charge in [-0.15, -0.1) is 11.3 Å². The van der Waals surface area contributed by atoms with Gasteiger partial charge in [0.2, 0.25) is 0 Å². The Morgan fingerprint density at radius 3 is 2.47 bits per heavy atom. The molecule has 1 amide bonds. The molecule has 1 aromatic carbocycles. The van der Waals surface area contributed by atoms with Crippen molar-refractivity contribution in [1.29, 1.82) is 0 Å². The van der Waals surface area contributed by atoms with Crippen LogP contribution in [0.4, 0.5) is 5.69 Å². The summed E-state index contributed by atoms with van der Waals surface area (Å²) in [7, 11) is 0. The van der Waals surface area contributed by atoms with Gasteiger partial charge in [-0.25, -0.2) is 0 Å². The molecule has 0 unspecified atom stereocenters. The quantitative estimate of drug-likeness (QED) is 0.844. The third kappa shape index (κ3) is 2.60. The first-order chi connectivity index (χ1) is 8.20. The Labute approximate surface area is 103 Å². The number of hydrogen-bond acceptors (Lipinski definition) is 3. The van der Waals surface area contributed by atoms with Gasteiger partial charge in [-0.05, 0) is 48.2 Å². The fourth-order valence-electron chi connectivity index (χ4n) is 1.44. The molecule has 0 spiro atoms. The molecule has 1 aromatic heterocycles. The molecule has 4 heteroatoms. The van der Waals surface area contributed by atoms with Gasteiger partial charge in [0, 0.05) is 11.3 Å². The number of aldehydes is 1. The molecular weight excluding hydrogens is 234 g/mol.